The summed E-state index contributed by atoms with van der Waals surface area (Å²) in [5, 5.41) is 8.84. The van der Waals surface area contributed by atoms with Crippen LogP contribution >= 0.6 is 23.2 Å². The van der Waals surface area contributed by atoms with Crippen molar-refractivity contribution in [3.63, 3.8) is 0 Å². The molecule has 10 heteroatoms. The third-order valence-corrected chi connectivity index (χ3v) is 5.15. The zero-order valence-electron chi connectivity index (χ0n) is 14.6. The normalized spacial score (nSPS) is 22.2. The van der Waals surface area contributed by atoms with Gasteiger partial charge < -0.3 is 9.84 Å². The summed E-state index contributed by atoms with van der Waals surface area (Å²) >= 11 is 11.8. The number of anilines is 1. The Morgan fingerprint density at radius 3 is 2.36 bits per heavy atom. The first-order valence-corrected chi connectivity index (χ1v) is 8.96. The molecule has 152 valence electrons. The van der Waals surface area contributed by atoms with Crippen LogP contribution in [0.15, 0.2) is 12.1 Å². The minimum absolute atomic E-state index is 0.0169. The molecule has 1 N–H and O–H groups in total. The molecule has 0 spiro atoms. The number of ether oxygens (including phenoxy) is 1. The Labute approximate surface area is 169 Å². The van der Waals surface area contributed by atoms with Crippen LogP contribution in [0.25, 0.3) is 0 Å². The average Bonchev–Trinajstić information content (AvgIpc) is 2.57. The molecule has 2 rings (SSSR count). The predicted octanol–water partition coefficient (Wildman–Crippen LogP) is 4.89. The van der Waals surface area contributed by atoms with Gasteiger partial charge in [0.25, 0.3) is 0 Å². The standard InChI is InChI=1S/C18H16Cl2F3NO4/c1-3-14(25)24(17(16(26)27)6-4-5-10(2)9-17)11-7-12(19)15(13(20)8-11)28-18(21,22)23/h1,7-8,10H,4-6,9H2,2H3,(H,26,27). The first kappa shape index (κ1) is 22.2. The minimum Gasteiger partial charge on any atom is -0.479 e. The lowest BCUT2D eigenvalue weighted by Crippen LogP contribution is -2.59. The van der Waals surface area contributed by atoms with Gasteiger partial charge in [-0.2, -0.15) is 0 Å². The summed E-state index contributed by atoms with van der Waals surface area (Å²) in [4.78, 5) is 25.5. The highest BCUT2D eigenvalue weighted by Crippen LogP contribution is 2.44. The van der Waals surface area contributed by atoms with E-state index in [9.17, 15) is 27.9 Å². The van der Waals surface area contributed by atoms with Gasteiger partial charge in [0, 0.05) is 5.69 Å². The van der Waals surface area contributed by atoms with Crippen molar-refractivity contribution in [2.24, 2.45) is 5.92 Å². The number of terminal acetylenes is 1. The van der Waals surface area contributed by atoms with Crippen molar-refractivity contribution >= 4 is 40.8 Å². The Balaban J connectivity index is 2.62. The van der Waals surface area contributed by atoms with Gasteiger partial charge in [-0.1, -0.05) is 43.0 Å². The third kappa shape index (κ3) is 4.47. The van der Waals surface area contributed by atoms with E-state index in [1.807, 2.05) is 12.8 Å². The maximum Gasteiger partial charge on any atom is 0.573 e. The molecule has 0 saturated heterocycles. The van der Waals surface area contributed by atoms with Crippen molar-refractivity contribution in [3.05, 3.63) is 22.2 Å². The number of carbonyl (C=O) groups excluding carboxylic acids is 1. The van der Waals surface area contributed by atoms with Crippen LogP contribution in [0.2, 0.25) is 10.0 Å². The number of hydrogen-bond donors (Lipinski definition) is 1. The summed E-state index contributed by atoms with van der Waals surface area (Å²) in [6.45, 7) is 1.84. The van der Waals surface area contributed by atoms with Crippen LogP contribution in [0, 0.1) is 18.3 Å². The topological polar surface area (TPSA) is 66.8 Å². The maximum absolute atomic E-state index is 12.5. The number of rotatable bonds is 4. The first-order chi connectivity index (χ1) is 12.9. The van der Waals surface area contributed by atoms with Crippen LogP contribution in [-0.2, 0) is 9.59 Å². The fraction of sp³-hybridized carbons (Fsp3) is 0.444. The smallest absolute Gasteiger partial charge is 0.479 e. The number of hydrogen-bond acceptors (Lipinski definition) is 3. The van der Waals surface area contributed by atoms with Crippen molar-refractivity contribution in [2.75, 3.05) is 4.90 Å². The van der Waals surface area contributed by atoms with E-state index in [0.29, 0.717) is 6.42 Å². The van der Waals surface area contributed by atoms with E-state index in [1.54, 1.807) is 0 Å². The van der Waals surface area contributed by atoms with E-state index >= 15 is 0 Å². The monoisotopic (exact) mass is 437 g/mol. The van der Waals surface area contributed by atoms with Crippen LogP contribution in [0.3, 0.4) is 0 Å². The molecule has 1 aromatic rings. The summed E-state index contributed by atoms with van der Waals surface area (Å²) in [6, 6.07) is 1.96. The first-order valence-electron chi connectivity index (χ1n) is 8.20. The molecular weight excluding hydrogens is 422 g/mol. The molecular formula is C18H16Cl2F3NO4. The molecule has 1 aliphatic rings. The van der Waals surface area contributed by atoms with Crippen LogP contribution in [0.4, 0.5) is 18.9 Å². The molecule has 0 aliphatic heterocycles. The zero-order chi connectivity index (χ0) is 21.3. The van der Waals surface area contributed by atoms with E-state index < -0.39 is 39.6 Å². The van der Waals surface area contributed by atoms with Crippen LogP contribution in [0.5, 0.6) is 5.75 Å². The quantitative estimate of drug-likeness (QED) is 0.680. The maximum atomic E-state index is 12.5. The van der Waals surface area contributed by atoms with Gasteiger partial charge in [-0.05, 0) is 36.8 Å². The lowest BCUT2D eigenvalue weighted by atomic mass is 9.75. The van der Waals surface area contributed by atoms with Crippen LogP contribution < -0.4 is 9.64 Å². The van der Waals surface area contributed by atoms with Gasteiger partial charge in [0.1, 0.15) is 5.54 Å². The molecule has 0 heterocycles. The molecule has 28 heavy (non-hydrogen) atoms. The number of carbonyl (C=O) groups is 2. The third-order valence-electron chi connectivity index (χ3n) is 4.59. The van der Waals surface area contributed by atoms with E-state index in [2.05, 4.69) is 4.74 Å². The van der Waals surface area contributed by atoms with Crippen molar-refractivity contribution in [3.8, 4) is 18.1 Å². The zero-order valence-corrected chi connectivity index (χ0v) is 16.2. The number of carboxylic acids is 1. The highest BCUT2D eigenvalue weighted by Gasteiger charge is 2.50. The SMILES string of the molecule is C#CC(=O)N(c1cc(Cl)c(OC(F)(F)F)c(Cl)c1)C1(C(=O)O)CCCC(C)C1. The van der Waals surface area contributed by atoms with Gasteiger partial charge in [-0.15, -0.1) is 19.6 Å². The highest BCUT2D eigenvalue weighted by molar-refractivity contribution is 6.37. The number of aliphatic carboxylic acids is 1. The Morgan fingerprint density at radius 2 is 1.93 bits per heavy atom. The van der Waals surface area contributed by atoms with E-state index in [-0.39, 0.29) is 24.4 Å². The lowest BCUT2D eigenvalue weighted by molar-refractivity contribution is -0.274. The van der Waals surface area contributed by atoms with Gasteiger partial charge >= 0.3 is 18.2 Å². The van der Waals surface area contributed by atoms with E-state index in [4.69, 9.17) is 29.6 Å². The molecule has 0 radical (unpaired) electrons. The number of nitrogens with zero attached hydrogens (tertiary/aromatic N) is 1. The molecule has 2 atom stereocenters. The highest BCUT2D eigenvalue weighted by atomic mass is 35.5. The van der Waals surface area contributed by atoms with Gasteiger partial charge in [0.2, 0.25) is 0 Å². The molecule has 0 aromatic heterocycles. The predicted molar refractivity (Wildman–Crippen MR) is 97.5 cm³/mol. The molecule has 1 aromatic carbocycles. The van der Waals surface area contributed by atoms with Gasteiger partial charge in [0.15, 0.2) is 5.75 Å². The lowest BCUT2D eigenvalue weighted by Gasteiger charge is -2.44. The number of benzene rings is 1. The van der Waals surface area contributed by atoms with Crippen molar-refractivity contribution in [1.29, 1.82) is 0 Å². The molecule has 5 nitrogen and oxygen atoms in total. The Morgan fingerprint density at radius 1 is 1.36 bits per heavy atom. The number of carboxylic acid groups (broad SMARTS) is 1. The fourth-order valence-corrected chi connectivity index (χ4v) is 4.08. The summed E-state index contributed by atoms with van der Waals surface area (Å²) in [6.07, 6.45) is 1.72. The second kappa shape index (κ2) is 8.10. The van der Waals surface area contributed by atoms with Crippen molar-refractivity contribution in [1.82, 2.24) is 0 Å². The number of alkyl halides is 3. The second-order valence-electron chi connectivity index (χ2n) is 6.61. The van der Waals surface area contributed by atoms with Gasteiger partial charge in [0.05, 0.1) is 10.0 Å². The molecule has 1 amide bonds. The van der Waals surface area contributed by atoms with Crippen molar-refractivity contribution in [2.45, 2.75) is 44.5 Å². The van der Waals surface area contributed by atoms with Crippen LogP contribution in [-0.4, -0.2) is 28.9 Å². The summed E-state index contributed by atoms with van der Waals surface area (Å²) in [5.41, 5.74) is -1.79. The van der Waals surface area contributed by atoms with Gasteiger partial charge in [-0.25, -0.2) is 4.79 Å². The molecule has 2 unspecified atom stereocenters. The molecule has 1 aliphatic carbocycles. The van der Waals surface area contributed by atoms with E-state index in [0.717, 1.165) is 23.5 Å². The minimum atomic E-state index is -5.04. The Kier molecular flexibility index (Phi) is 6.41. The molecule has 0 bridgehead atoms. The number of amides is 1. The molecule has 1 fully saturated rings. The van der Waals surface area contributed by atoms with E-state index in [1.165, 1.54) is 0 Å². The van der Waals surface area contributed by atoms with Crippen LogP contribution in [0.1, 0.15) is 32.6 Å². The second-order valence-corrected chi connectivity index (χ2v) is 7.42. The summed E-state index contributed by atoms with van der Waals surface area (Å²) in [5.74, 6) is -1.23. The van der Waals surface area contributed by atoms with Gasteiger partial charge in [-0.3, -0.25) is 9.69 Å². The largest absolute Gasteiger partial charge is 0.573 e. The fourth-order valence-electron chi connectivity index (χ4n) is 3.53. The summed E-state index contributed by atoms with van der Waals surface area (Å²) < 4.78 is 41.4. The molecule has 1 saturated carbocycles. The number of halogens is 5. The Hall–Kier alpha value is -2.11. The Bertz CT molecular complexity index is 814. The average molecular weight is 438 g/mol. The summed E-state index contributed by atoms with van der Waals surface area (Å²) in [7, 11) is 0. The van der Waals surface area contributed by atoms with Crippen molar-refractivity contribution < 1.29 is 32.6 Å².